The molecule has 3 atom stereocenters. The second kappa shape index (κ2) is 6.70. The summed E-state index contributed by atoms with van der Waals surface area (Å²) in [5, 5.41) is 5.58. The zero-order valence-corrected chi connectivity index (χ0v) is 12.4. The number of rotatable bonds is 6. The monoisotopic (exact) mass is 292 g/mol. The van der Waals surface area contributed by atoms with Crippen LogP contribution in [0.1, 0.15) is 32.3 Å². The first-order chi connectivity index (χ1) is 10.0. The van der Waals surface area contributed by atoms with Crippen LogP contribution in [-0.2, 0) is 16.1 Å². The summed E-state index contributed by atoms with van der Waals surface area (Å²) in [6.45, 7) is 4.09. The number of benzene rings is 1. The third kappa shape index (κ3) is 4.03. The second-order valence-corrected chi connectivity index (χ2v) is 5.58. The van der Waals surface area contributed by atoms with Crippen molar-refractivity contribution in [3.05, 3.63) is 35.6 Å². The van der Waals surface area contributed by atoms with Crippen LogP contribution in [0, 0.1) is 17.7 Å². The predicted octanol–water partition coefficient (Wildman–Crippen LogP) is 1.99. The zero-order chi connectivity index (χ0) is 15.4. The average molecular weight is 292 g/mol. The van der Waals surface area contributed by atoms with E-state index in [2.05, 4.69) is 10.6 Å². The smallest absolute Gasteiger partial charge is 0.224 e. The summed E-state index contributed by atoms with van der Waals surface area (Å²) in [5.41, 5.74) is 0.451. The van der Waals surface area contributed by atoms with E-state index in [1.807, 2.05) is 13.8 Å². The van der Waals surface area contributed by atoms with Crippen LogP contribution < -0.4 is 10.6 Å². The first-order valence-corrected chi connectivity index (χ1v) is 7.34. The highest BCUT2D eigenvalue weighted by molar-refractivity contribution is 5.92. The number of amides is 2. The van der Waals surface area contributed by atoms with Crippen LogP contribution in [-0.4, -0.2) is 17.9 Å². The minimum atomic E-state index is -0.334. The molecular weight excluding hydrogens is 271 g/mol. The van der Waals surface area contributed by atoms with Gasteiger partial charge in [0, 0.05) is 18.2 Å². The maximum Gasteiger partial charge on any atom is 0.224 e. The van der Waals surface area contributed by atoms with Gasteiger partial charge >= 0.3 is 0 Å². The molecule has 1 fully saturated rings. The van der Waals surface area contributed by atoms with Crippen molar-refractivity contribution in [2.45, 2.75) is 39.3 Å². The molecule has 1 aromatic rings. The van der Waals surface area contributed by atoms with Gasteiger partial charge in [-0.15, -0.1) is 0 Å². The lowest BCUT2D eigenvalue weighted by Gasteiger charge is -2.11. The first kappa shape index (κ1) is 15.5. The molecule has 0 aromatic heterocycles. The Morgan fingerprint density at radius 2 is 1.95 bits per heavy atom. The van der Waals surface area contributed by atoms with Crippen LogP contribution in [0.4, 0.5) is 4.39 Å². The van der Waals surface area contributed by atoms with Gasteiger partial charge in [0.15, 0.2) is 0 Å². The van der Waals surface area contributed by atoms with Gasteiger partial charge in [-0.2, -0.15) is 0 Å². The fourth-order valence-corrected chi connectivity index (χ4v) is 2.18. The van der Waals surface area contributed by atoms with Crippen molar-refractivity contribution in [3.63, 3.8) is 0 Å². The summed E-state index contributed by atoms with van der Waals surface area (Å²) in [4.78, 5) is 23.8. The minimum Gasteiger partial charge on any atom is -0.353 e. The third-order valence-electron chi connectivity index (χ3n) is 3.88. The Hall–Kier alpha value is -1.91. The van der Waals surface area contributed by atoms with E-state index in [0.29, 0.717) is 12.0 Å². The molecule has 4 nitrogen and oxygen atoms in total. The molecule has 0 saturated heterocycles. The van der Waals surface area contributed by atoms with Crippen molar-refractivity contribution >= 4 is 11.8 Å². The van der Waals surface area contributed by atoms with Crippen molar-refractivity contribution in [2.75, 3.05) is 0 Å². The van der Waals surface area contributed by atoms with Gasteiger partial charge in [0.25, 0.3) is 0 Å². The van der Waals surface area contributed by atoms with Gasteiger partial charge in [0.05, 0.1) is 11.8 Å². The summed E-state index contributed by atoms with van der Waals surface area (Å²) >= 11 is 0. The molecule has 3 unspecified atom stereocenters. The summed E-state index contributed by atoms with van der Waals surface area (Å²) in [5.74, 6) is -1.09. The zero-order valence-electron chi connectivity index (χ0n) is 12.4. The first-order valence-electron chi connectivity index (χ1n) is 7.34. The molecule has 1 aliphatic carbocycles. The van der Waals surface area contributed by atoms with Crippen molar-refractivity contribution in [3.8, 4) is 0 Å². The van der Waals surface area contributed by atoms with Crippen LogP contribution >= 0.6 is 0 Å². The summed E-state index contributed by atoms with van der Waals surface area (Å²) in [7, 11) is 0. The Labute approximate surface area is 124 Å². The SMILES string of the molecule is CCC(C)NC(=O)C1CC1C(=O)NCc1ccccc1F. The molecule has 2 amide bonds. The summed E-state index contributed by atoms with van der Waals surface area (Å²) in [6, 6.07) is 6.46. The molecule has 1 saturated carbocycles. The Morgan fingerprint density at radius 3 is 2.62 bits per heavy atom. The van der Waals surface area contributed by atoms with Crippen molar-refractivity contribution in [1.82, 2.24) is 10.6 Å². The molecule has 0 aliphatic heterocycles. The van der Waals surface area contributed by atoms with E-state index < -0.39 is 0 Å². The fraction of sp³-hybridized carbons (Fsp3) is 0.500. The molecule has 0 spiro atoms. The minimum absolute atomic E-state index is 0.0598. The molecular formula is C16H21FN2O2. The highest BCUT2D eigenvalue weighted by Crippen LogP contribution is 2.38. The van der Waals surface area contributed by atoms with E-state index >= 15 is 0 Å². The molecule has 21 heavy (non-hydrogen) atoms. The van der Waals surface area contributed by atoms with Gasteiger partial charge in [0.1, 0.15) is 5.82 Å². The fourth-order valence-electron chi connectivity index (χ4n) is 2.18. The van der Waals surface area contributed by atoms with E-state index in [9.17, 15) is 14.0 Å². The summed E-state index contributed by atoms with van der Waals surface area (Å²) < 4.78 is 13.4. The Balaban J connectivity index is 1.78. The topological polar surface area (TPSA) is 58.2 Å². The molecule has 2 rings (SSSR count). The van der Waals surface area contributed by atoms with Gasteiger partial charge in [-0.1, -0.05) is 25.1 Å². The van der Waals surface area contributed by atoms with Crippen LogP contribution in [0.15, 0.2) is 24.3 Å². The van der Waals surface area contributed by atoms with E-state index in [0.717, 1.165) is 6.42 Å². The molecule has 0 bridgehead atoms. The highest BCUT2D eigenvalue weighted by atomic mass is 19.1. The lowest BCUT2D eigenvalue weighted by molar-refractivity contribution is -0.127. The van der Waals surface area contributed by atoms with Crippen LogP contribution in [0.2, 0.25) is 0 Å². The van der Waals surface area contributed by atoms with E-state index in [1.54, 1.807) is 18.2 Å². The van der Waals surface area contributed by atoms with E-state index in [-0.39, 0.29) is 42.1 Å². The van der Waals surface area contributed by atoms with Gasteiger partial charge in [-0.05, 0) is 25.8 Å². The molecule has 5 heteroatoms. The molecule has 1 aliphatic rings. The normalized spacial score (nSPS) is 21.5. The standard InChI is InChI=1S/C16H21FN2O2/c1-3-10(2)19-16(21)13-8-12(13)15(20)18-9-11-6-4-5-7-14(11)17/h4-7,10,12-13H,3,8-9H2,1-2H3,(H,18,20)(H,19,21). The number of nitrogens with one attached hydrogen (secondary N) is 2. The second-order valence-electron chi connectivity index (χ2n) is 5.58. The van der Waals surface area contributed by atoms with Crippen molar-refractivity contribution in [2.24, 2.45) is 11.8 Å². The Kier molecular flexibility index (Phi) is 4.94. The number of halogens is 1. The maximum atomic E-state index is 13.4. The molecule has 114 valence electrons. The Morgan fingerprint density at radius 1 is 1.29 bits per heavy atom. The van der Waals surface area contributed by atoms with Gasteiger partial charge in [-0.3, -0.25) is 9.59 Å². The molecule has 0 radical (unpaired) electrons. The lowest BCUT2D eigenvalue weighted by atomic mass is 10.2. The summed E-state index contributed by atoms with van der Waals surface area (Å²) in [6.07, 6.45) is 1.44. The third-order valence-corrected chi connectivity index (χ3v) is 3.88. The van der Waals surface area contributed by atoms with Crippen LogP contribution in [0.5, 0.6) is 0 Å². The largest absolute Gasteiger partial charge is 0.353 e. The van der Waals surface area contributed by atoms with Crippen molar-refractivity contribution < 1.29 is 14.0 Å². The number of hydrogen-bond acceptors (Lipinski definition) is 2. The van der Waals surface area contributed by atoms with Crippen LogP contribution in [0.25, 0.3) is 0 Å². The maximum absolute atomic E-state index is 13.4. The van der Waals surface area contributed by atoms with Crippen LogP contribution in [0.3, 0.4) is 0 Å². The average Bonchev–Trinajstić information content (AvgIpc) is 3.26. The Bertz CT molecular complexity index is 533. The molecule has 2 N–H and O–H groups in total. The molecule has 1 aromatic carbocycles. The van der Waals surface area contributed by atoms with E-state index in [1.165, 1.54) is 6.07 Å². The van der Waals surface area contributed by atoms with Crippen molar-refractivity contribution in [1.29, 1.82) is 0 Å². The molecule has 0 heterocycles. The van der Waals surface area contributed by atoms with E-state index in [4.69, 9.17) is 0 Å². The highest BCUT2D eigenvalue weighted by Gasteiger charge is 2.48. The number of carbonyl (C=O) groups excluding carboxylic acids is 2. The quantitative estimate of drug-likeness (QED) is 0.842. The van der Waals surface area contributed by atoms with Gasteiger partial charge in [-0.25, -0.2) is 4.39 Å². The van der Waals surface area contributed by atoms with Gasteiger partial charge in [0.2, 0.25) is 11.8 Å². The number of hydrogen-bond donors (Lipinski definition) is 2. The predicted molar refractivity (Wildman–Crippen MR) is 77.7 cm³/mol. The number of carbonyl (C=O) groups is 2. The lowest BCUT2D eigenvalue weighted by Crippen LogP contribution is -2.35. The van der Waals surface area contributed by atoms with Gasteiger partial charge < -0.3 is 10.6 Å².